The minimum Gasteiger partial charge on any atom is -0.330 e. The summed E-state index contributed by atoms with van der Waals surface area (Å²) in [7, 11) is -1.90. The number of nitrogens with zero attached hydrogens (tertiary/aromatic N) is 1. The van der Waals surface area contributed by atoms with Crippen molar-refractivity contribution in [3.63, 3.8) is 0 Å². The highest BCUT2D eigenvalue weighted by molar-refractivity contribution is 7.88. The molecule has 0 fully saturated rings. The van der Waals surface area contributed by atoms with Gasteiger partial charge < -0.3 is 5.73 Å². The summed E-state index contributed by atoms with van der Waals surface area (Å²) in [6.07, 6.45) is 3.44. The van der Waals surface area contributed by atoms with E-state index in [-0.39, 0.29) is 12.4 Å². The van der Waals surface area contributed by atoms with Crippen molar-refractivity contribution < 1.29 is 13.3 Å². The lowest BCUT2D eigenvalue weighted by Gasteiger charge is -2.16. The molecule has 0 bridgehead atoms. The van der Waals surface area contributed by atoms with Crippen molar-refractivity contribution in [3.05, 3.63) is 35.9 Å². The molecular weight excluding hydrogens is 276 g/mol. The fourth-order valence-corrected chi connectivity index (χ4v) is 2.77. The smallest absolute Gasteiger partial charge is 0.235 e. The summed E-state index contributed by atoms with van der Waals surface area (Å²) < 4.78 is 24.9. The van der Waals surface area contributed by atoms with Gasteiger partial charge in [-0.15, -0.1) is 0 Å². The molecule has 0 saturated carbocycles. The monoisotopic (exact) mass is 300 g/mol. The molecule has 0 aromatic heterocycles. The van der Waals surface area contributed by atoms with E-state index in [0.29, 0.717) is 13.0 Å². The van der Waals surface area contributed by atoms with E-state index in [1.807, 2.05) is 30.3 Å². The summed E-state index contributed by atoms with van der Waals surface area (Å²) in [5, 5.41) is 0. The maximum atomic E-state index is 12.0. The van der Waals surface area contributed by atoms with Gasteiger partial charge in [0.1, 0.15) is 0 Å². The van der Waals surface area contributed by atoms with E-state index in [1.54, 1.807) is 0 Å². The molecule has 0 aliphatic heterocycles. The normalized spacial score (nSPS) is 11.9. The average Bonchev–Trinajstić information content (AvgIpc) is 2.45. The topological polar surface area (TPSA) is 72.6 Å². The van der Waals surface area contributed by atoms with Crippen molar-refractivity contribution >= 4 is 10.0 Å². The van der Waals surface area contributed by atoms with E-state index >= 15 is 0 Å². The second kappa shape index (κ2) is 9.07. The van der Waals surface area contributed by atoms with Crippen LogP contribution in [0.5, 0.6) is 0 Å². The Kier molecular flexibility index (Phi) is 7.76. The van der Waals surface area contributed by atoms with E-state index in [2.05, 4.69) is 0 Å². The maximum Gasteiger partial charge on any atom is 0.235 e. The molecule has 2 N–H and O–H groups in total. The van der Waals surface area contributed by atoms with Crippen LogP contribution in [0, 0.1) is 0 Å². The fraction of sp³-hybridized carbons (Fsp3) is 0.571. The first-order valence-corrected chi connectivity index (χ1v) is 8.50. The Bertz CT molecular complexity index is 463. The Hall–Kier alpha value is -0.950. The molecule has 5 nitrogen and oxygen atoms in total. The molecule has 114 valence electrons. The molecule has 0 unspecified atom stereocenters. The van der Waals surface area contributed by atoms with Crippen LogP contribution in [0.4, 0.5) is 0 Å². The molecule has 0 aliphatic carbocycles. The number of sulfonamides is 1. The highest BCUT2D eigenvalue weighted by Crippen LogP contribution is 2.08. The Morgan fingerprint density at radius 3 is 2.40 bits per heavy atom. The Labute approximate surface area is 121 Å². The van der Waals surface area contributed by atoms with Crippen LogP contribution < -0.4 is 5.73 Å². The predicted octanol–water partition coefficient (Wildman–Crippen LogP) is 1.90. The van der Waals surface area contributed by atoms with Crippen molar-refractivity contribution in [2.45, 2.75) is 32.3 Å². The lowest BCUT2D eigenvalue weighted by atomic mass is 10.2. The van der Waals surface area contributed by atoms with Crippen LogP contribution in [-0.2, 0) is 21.5 Å². The third-order valence-corrected chi connectivity index (χ3v) is 4.70. The van der Waals surface area contributed by atoms with Gasteiger partial charge in [0.15, 0.2) is 0 Å². The predicted molar refractivity (Wildman–Crippen MR) is 80.3 cm³/mol. The fourth-order valence-electron chi connectivity index (χ4n) is 1.73. The number of hydroxylamine groups is 1. The average molecular weight is 300 g/mol. The van der Waals surface area contributed by atoms with Crippen LogP contribution in [0.3, 0.4) is 0 Å². The Morgan fingerprint density at radius 2 is 1.75 bits per heavy atom. The van der Waals surface area contributed by atoms with Crippen LogP contribution in [0.15, 0.2) is 30.3 Å². The van der Waals surface area contributed by atoms with Gasteiger partial charge in [-0.25, -0.2) is 8.42 Å². The van der Waals surface area contributed by atoms with Gasteiger partial charge in [0.05, 0.1) is 12.4 Å². The van der Waals surface area contributed by atoms with E-state index in [9.17, 15) is 8.42 Å². The molecule has 1 rings (SSSR count). The number of rotatable bonds is 10. The van der Waals surface area contributed by atoms with Crippen molar-refractivity contribution in [1.29, 1.82) is 0 Å². The molecule has 0 amide bonds. The highest BCUT2D eigenvalue weighted by atomic mass is 32.2. The minimum atomic E-state index is -3.34. The summed E-state index contributed by atoms with van der Waals surface area (Å²) in [6.45, 7) is 0.913. The molecule has 0 aliphatic rings. The molecule has 0 saturated heterocycles. The van der Waals surface area contributed by atoms with Crippen LogP contribution in [-0.4, -0.2) is 32.2 Å². The van der Waals surface area contributed by atoms with Crippen molar-refractivity contribution in [3.8, 4) is 0 Å². The summed E-state index contributed by atoms with van der Waals surface area (Å²) in [5.74, 6) is 0.114. The summed E-state index contributed by atoms with van der Waals surface area (Å²) in [6, 6.07) is 9.49. The molecule has 1 aromatic carbocycles. The van der Waals surface area contributed by atoms with Crippen LogP contribution >= 0.6 is 0 Å². The zero-order valence-corrected chi connectivity index (χ0v) is 12.8. The molecule has 0 radical (unpaired) electrons. The SMILES string of the molecule is CN(OCc1ccccc1)S(=O)(=O)CCCCCCN. The van der Waals surface area contributed by atoms with Gasteiger partial charge in [0.25, 0.3) is 0 Å². The molecule has 20 heavy (non-hydrogen) atoms. The number of unbranched alkanes of at least 4 members (excludes halogenated alkanes) is 3. The quantitative estimate of drug-likeness (QED) is 0.529. The zero-order valence-electron chi connectivity index (χ0n) is 12.0. The lowest BCUT2D eigenvalue weighted by molar-refractivity contribution is -0.0769. The molecule has 6 heteroatoms. The number of nitrogens with two attached hydrogens (primary N) is 1. The first kappa shape index (κ1) is 17.1. The Morgan fingerprint density at radius 1 is 1.10 bits per heavy atom. The van der Waals surface area contributed by atoms with E-state index in [4.69, 9.17) is 10.6 Å². The van der Waals surface area contributed by atoms with Gasteiger partial charge in [0.2, 0.25) is 10.0 Å². The molecule has 0 heterocycles. The lowest BCUT2D eigenvalue weighted by Crippen LogP contribution is -2.29. The second-order valence-corrected chi connectivity index (χ2v) is 6.77. The highest BCUT2D eigenvalue weighted by Gasteiger charge is 2.18. The van der Waals surface area contributed by atoms with Gasteiger partial charge in [-0.3, -0.25) is 4.84 Å². The minimum absolute atomic E-state index is 0.114. The summed E-state index contributed by atoms with van der Waals surface area (Å²) in [4.78, 5) is 5.30. The number of hydrogen-bond acceptors (Lipinski definition) is 4. The van der Waals surface area contributed by atoms with Crippen molar-refractivity contribution in [1.82, 2.24) is 4.47 Å². The van der Waals surface area contributed by atoms with Gasteiger partial charge in [0, 0.05) is 7.05 Å². The first-order valence-electron chi connectivity index (χ1n) is 6.90. The van der Waals surface area contributed by atoms with Gasteiger partial charge in [-0.1, -0.05) is 47.6 Å². The second-order valence-electron chi connectivity index (χ2n) is 4.69. The first-order chi connectivity index (χ1) is 9.56. The van der Waals surface area contributed by atoms with E-state index in [0.717, 1.165) is 29.3 Å². The molecule has 1 aromatic rings. The van der Waals surface area contributed by atoms with Crippen molar-refractivity contribution in [2.75, 3.05) is 19.3 Å². The van der Waals surface area contributed by atoms with E-state index in [1.165, 1.54) is 7.05 Å². The third-order valence-electron chi connectivity index (χ3n) is 3.00. The molecule has 0 spiro atoms. The number of benzene rings is 1. The van der Waals surface area contributed by atoms with Crippen LogP contribution in [0.1, 0.15) is 31.2 Å². The Balaban J connectivity index is 2.31. The van der Waals surface area contributed by atoms with Crippen molar-refractivity contribution in [2.24, 2.45) is 5.73 Å². The summed E-state index contributed by atoms with van der Waals surface area (Å²) >= 11 is 0. The zero-order chi connectivity index (χ0) is 14.8. The largest absolute Gasteiger partial charge is 0.330 e. The van der Waals surface area contributed by atoms with Gasteiger partial charge in [-0.05, 0) is 24.9 Å². The van der Waals surface area contributed by atoms with Crippen LogP contribution in [0.2, 0.25) is 0 Å². The third kappa shape index (κ3) is 6.47. The molecular formula is C14H24N2O3S. The van der Waals surface area contributed by atoms with E-state index < -0.39 is 10.0 Å². The van der Waals surface area contributed by atoms with Gasteiger partial charge >= 0.3 is 0 Å². The molecule has 0 atom stereocenters. The maximum absolute atomic E-state index is 12.0. The van der Waals surface area contributed by atoms with Gasteiger partial charge in [-0.2, -0.15) is 0 Å². The summed E-state index contributed by atoms with van der Waals surface area (Å²) in [5.41, 5.74) is 6.34. The van der Waals surface area contributed by atoms with Crippen LogP contribution in [0.25, 0.3) is 0 Å². The number of hydrogen-bond donors (Lipinski definition) is 1. The standard InChI is InChI=1S/C14H24N2O3S/c1-16(19-13-14-9-5-4-6-10-14)20(17,18)12-8-3-2-7-11-15/h4-6,9-10H,2-3,7-8,11-13,15H2,1H3.